The third-order valence-corrected chi connectivity index (χ3v) is 3.09. The van der Waals surface area contributed by atoms with E-state index in [1.807, 2.05) is 18.5 Å². The van der Waals surface area contributed by atoms with Crippen LogP contribution < -0.4 is 0 Å². The molecule has 1 aromatic rings. The van der Waals surface area contributed by atoms with Crippen molar-refractivity contribution < 1.29 is 0 Å². The quantitative estimate of drug-likeness (QED) is 0.694. The van der Waals surface area contributed by atoms with Gasteiger partial charge in [0.2, 0.25) is 0 Å². The molecule has 2 heteroatoms. The average molecular weight is 190 g/mol. The standard InChI is InChI=1S/C12H18N2/c1-10-5-2-3-7-12(10)14-9-11-6-4-8-13-11/h4,6,8-10,12-13H,2-3,5,7H2,1H3. The number of aromatic amines is 1. The van der Waals surface area contributed by atoms with Crippen molar-refractivity contribution in [3.8, 4) is 0 Å². The number of rotatable bonds is 2. The van der Waals surface area contributed by atoms with Crippen LogP contribution in [0.5, 0.6) is 0 Å². The Kier molecular flexibility index (Phi) is 3.02. The third-order valence-electron chi connectivity index (χ3n) is 3.09. The maximum absolute atomic E-state index is 4.65. The monoisotopic (exact) mass is 190 g/mol. The van der Waals surface area contributed by atoms with Crippen LogP contribution in [0, 0.1) is 5.92 Å². The lowest BCUT2D eigenvalue weighted by molar-refractivity contribution is 0.333. The van der Waals surface area contributed by atoms with Gasteiger partial charge in [-0.3, -0.25) is 4.99 Å². The summed E-state index contributed by atoms with van der Waals surface area (Å²) in [6.45, 7) is 2.32. The van der Waals surface area contributed by atoms with Gasteiger partial charge in [0, 0.05) is 12.4 Å². The largest absolute Gasteiger partial charge is 0.360 e. The highest BCUT2D eigenvalue weighted by Gasteiger charge is 2.19. The molecule has 2 unspecified atom stereocenters. The number of aromatic nitrogens is 1. The Hall–Kier alpha value is -1.05. The number of hydrogen-bond acceptors (Lipinski definition) is 1. The Bertz CT molecular complexity index is 287. The summed E-state index contributed by atoms with van der Waals surface area (Å²) in [4.78, 5) is 7.79. The molecule has 1 heterocycles. The Morgan fingerprint density at radius 2 is 2.29 bits per heavy atom. The number of nitrogens with one attached hydrogen (secondary N) is 1. The van der Waals surface area contributed by atoms with Crippen molar-refractivity contribution in [2.75, 3.05) is 0 Å². The van der Waals surface area contributed by atoms with E-state index in [2.05, 4.69) is 23.0 Å². The van der Waals surface area contributed by atoms with Crippen molar-refractivity contribution in [1.29, 1.82) is 0 Å². The van der Waals surface area contributed by atoms with E-state index in [0.717, 1.165) is 11.6 Å². The molecule has 1 fully saturated rings. The smallest absolute Gasteiger partial charge is 0.0561 e. The minimum absolute atomic E-state index is 0.548. The summed E-state index contributed by atoms with van der Waals surface area (Å²) >= 11 is 0. The summed E-state index contributed by atoms with van der Waals surface area (Å²) in [5, 5.41) is 0. The van der Waals surface area contributed by atoms with E-state index in [1.54, 1.807) is 0 Å². The lowest BCUT2D eigenvalue weighted by Gasteiger charge is -2.24. The minimum atomic E-state index is 0.548. The van der Waals surface area contributed by atoms with Crippen molar-refractivity contribution in [3.05, 3.63) is 24.0 Å². The van der Waals surface area contributed by atoms with E-state index in [0.29, 0.717) is 6.04 Å². The number of nitrogens with zero attached hydrogens (tertiary/aromatic N) is 1. The van der Waals surface area contributed by atoms with Gasteiger partial charge in [-0.2, -0.15) is 0 Å². The summed E-state index contributed by atoms with van der Waals surface area (Å²) in [5.41, 5.74) is 1.11. The van der Waals surface area contributed by atoms with Crippen LogP contribution in [0.4, 0.5) is 0 Å². The highest BCUT2D eigenvalue weighted by atomic mass is 14.8. The van der Waals surface area contributed by atoms with Gasteiger partial charge in [-0.25, -0.2) is 0 Å². The van der Waals surface area contributed by atoms with Crippen LogP contribution in [0.15, 0.2) is 23.3 Å². The molecule has 2 rings (SSSR count). The van der Waals surface area contributed by atoms with Crippen molar-refractivity contribution >= 4 is 6.21 Å². The fourth-order valence-corrected chi connectivity index (χ4v) is 2.12. The molecular formula is C12H18N2. The van der Waals surface area contributed by atoms with Gasteiger partial charge < -0.3 is 4.98 Å². The van der Waals surface area contributed by atoms with Crippen LogP contribution in [0.2, 0.25) is 0 Å². The molecule has 0 amide bonds. The van der Waals surface area contributed by atoms with Gasteiger partial charge in [-0.1, -0.05) is 19.8 Å². The molecule has 1 saturated carbocycles. The Morgan fingerprint density at radius 1 is 1.43 bits per heavy atom. The molecule has 1 aromatic heterocycles. The van der Waals surface area contributed by atoms with Gasteiger partial charge in [0.05, 0.1) is 11.7 Å². The first-order valence-corrected chi connectivity index (χ1v) is 5.53. The molecule has 0 radical (unpaired) electrons. The second-order valence-corrected chi connectivity index (χ2v) is 4.23. The van der Waals surface area contributed by atoms with Crippen LogP contribution in [0.1, 0.15) is 38.3 Å². The molecule has 0 aliphatic heterocycles. The normalized spacial score (nSPS) is 28.4. The Balaban J connectivity index is 1.95. The summed E-state index contributed by atoms with van der Waals surface area (Å²) in [7, 11) is 0. The van der Waals surface area contributed by atoms with E-state index in [4.69, 9.17) is 0 Å². The Morgan fingerprint density at radius 3 is 3.00 bits per heavy atom. The summed E-state index contributed by atoms with van der Waals surface area (Å²) in [5.74, 6) is 0.759. The van der Waals surface area contributed by atoms with E-state index >= 15 is 0 Å². The summed E-state index contributed by atoms with van der Waals surface area (Å²) in [6, 6.07) is 4.61. The number of H-pyrrole nitrogens is 1. The molecule has 1 aliphatic rings. The zero-order valence-electron chi connectivity index (χ0n) is 8.74. The fraction of sp³-hybridized carbons (Fsp3) is 0.583. The van der Waals surface area contributed by atoms with Crippen molar-refractivity contribution in [3.63, 3.8) is 0 Å². The number of aliphatic imine (C=N–C) groups is 1. The molecule has 1 N–H and O–H groups in total. The molecule has 1 aliphatic carbocycles. The maximum Gasteiger partial charge on any atom is 0.0561 e. The summed E-state index contributed by atoms with van der Waals surface area (Å²) < 4.78 is 0. The van der Waals surface area contributed by atoms with Crippen molar-refractivity contribution in [2.45, 2.75) is 38.6 Å². The van der Waals surface area contributed by atoms with Crippen LogP contribution in [-0.2, 0) is 0 Å². The van der Waals surface area contributed by atoms with Gasteiger partial charge in [0.1, 0.15) is 0 Å². The minimum Gasteiger partial charge on any atom is -0.360 e. The maximum atomic E-state index is 4.65. The van der Waals surface area contributed by atoms with Crippen molar-refractivity contribution in [1.82, 2.24) is 4.98 Å². The second-order valence-electron chi connectivity index (χ2n) is 4.23. The van der Waals surface area contributed by atoms with Gasteiger partial charge in [0.25, 0.3) is 0 Å². The predicted molar refractivity (Wildman–Crippen MR) is 59.8 cm³/mol. The average Bonchev–Trinajstić information content (AvgIpc) is 2.69. The van der Waals surface area contributed by atoms with Gasteiger partial charge in [-0.15, -0.1) is 0 Å². The summed E-state index contributed by atoms with van der Waals surface area (Å²) in [6.07, 6.45) is 9.25. The molecular weight excluding hydrogens is 172 g/mol. The van der Waals surface area contributed by atoms with Gasteiger partial charge in [-0.05, 0) is 30.9 Å². The third kappa shape index (κ3) is 2.25. The first-order chi connectivity index (χ1) is 6.86. The second kappa shape index (κ2) is 4.45. The fourth-order valence-electron chi connectivity index (χ4n) is 2.12. The molecule has 0 spiro atoms. The SMILES string of the molecule is CC1CCCCC1N=Cc1ccc[nH]1. The van der Waals surface area contributed by atoms with E-state index < -0.39 is 0 Å². The van der Waals surface area contributed by atoms with Crippen LogP contribution in [-0.4, -0.2) is 17.2 Å². The topological polar surface area (TPSA) is 28.1 Å². The van der Waals surface area contributed by atoms with Crippen LogP contribution in [0.25, 0.3) is 0 Å². The molecule has 2 nitrogen and oxygen atoms in total. The first-order valence-electron chi connectivity index (χ1n) is 5.53. The molecule has 14 heavy (non-hydrogen) atoms. The van der Waals surface area contributed by atoms with E-state index in [9.17, 15) is 0 Å². The first kappa shape index (κ1) is 9.50. The lowest BCUT2D eigenvalue weighted by atomic mass is 9.86. The predicted octanol–water partition coefficient (Wildman–Crippen LogP) is 3.01. The van der Waals surface area contributed by atoms with Gasteiger partial charge in [0.15, 0.2) is 0 Å². The zero-order valence-corrected chi connectivity index (χ0v) is 8.74. The number of hydrogen-bond donors (Lipinski definition) is 1. The van der Waals surface area contributed by atoms with E-state index in [-0.39, 0.29) is 0 Å². The highest BCUT2D eigenvalue weighted by Crippen LogP contribution is 2.26. The van der Waals surface area contributed by atoms with Gasteiger partial charge >= 0.3 is 0 Å². The van der Waals surface area contributed by atoms with E-state index in [1.165, 1.54) is 25.7 Å². The zero-order chi connectivity index (χ0) is 9.80. The van der Waals surface area contributed by atoms with Crippen LogP contribution >= 0.6 is 0 Å². The highest BCUT2D eigenvalue weighted by molar-refractivity contribution is 5.77. The Labute approximate surface area is 85.4 Å². The molecule has 0 saturated heterocycles. The lowest BCUT2D eigenvalue weighted by Crippen LogP contribution is -2.20. The molecule has 2 atom stereocenters. The van der Waals surface area contributed by atoms with Crippen molar-refractivity contribution in [2.24, 2.45) is 10.9 Å². The molecule has 76 valence electrons. The van der Waals surface area contributed by atoms with Crippen LogP contribution in [0.3, 0.4) is 0 Å². The molecule has 0 aromatic carbocycles. The molecule has 0 bridgehead atoms.